The number of benzene rings is 2. The van der Waals surface area contributed by atoms with Crippen LogP contribution in [0.4, 0.5) is 0 Å². The lowest BCUT2D eigenvalue weighted by molar-refractivity contribution is -0.118. The van der Waals surface area contributed by atoms with Crippen LogP contribution in [-0.4, -0.2) is 26.5 Å². The van der Waals surface area contributed by atoms with Gasteiger partial charge in [-0.25, -0.2) is 8.42 Å². The van der Waals surface area contributed by atoms with Gasteiger partial charge in [-0.2, -0.15) is 5.26 Å². The second-order valence-electron chi connectivity index (χ2n) is 5.52. The molecule has 2 rings (SSSR count). The molecule has 11 heteroatoms. The van der Waals surface area contributed by atoms with Crippen LogP contribution in [0.3, 0.4) is 0 Å². The van der Waals surface area contributed by atoms with Gasteiger partial charge in [-0.15, -0.1) is 0 Å². The molecule has 2 aromatic rings. The van der Waals surface area contributed by atoms with E-state index in [4.69, 9.17) is 17.5 Å². The number of hydrogen-bond donors (Lipinski definition) is 4. The van der Waals surface area contributed by atoms with E-state index < -0.39 is 15.9 Å². The molecule has 4 N–H and O–H groups in total. The molecule has 0 radical (unpaired) electrons. The molecule has 1 amide bonds. The van der Waals surface area contributed by atoms with Crippen molar-refractivity contribution in [3.63, 3.8) is 0 Å². The number of rotatable bonds is 5. The molecule has 0 atom stereocenters. The number of nitrogens with one attached hydrogen (secondary N) is 4. The SMILES string of the molecule is CNC(=S)NNC(=O)C(=Cc1cccc(C#N)c1)NS(=O)(=O)c1cccc(Br)c1. The van der Waals surface area contributed by atoms with Crippen LogP contribution in [-0.2, 0) is 14.8 Å². The Morgan fingerprint density at radius 2 is 1.90 bits per heavy atom. The monoisotopic (exact) mass is 493 g/mol. The molecule has 0 unspecified atom stereocenters. The number of sulfonamides is 1. The van der Waals surface area contributed by atoms with Crippen molar-refractivity contribution in [1.29, 1.82) is 5.26 Å². The highest BCUT2D eigenvalue weighted by atomic mass is 79.9. The van der Waals surface area contributed by atoms with E-state index in [2.05, 4.69) is 36.8 Å². The van der Waals surface area contributed by atoms with Gasteiger partial charge >= 0.3 is 0 Å². The highest BCUT2D eigenvalue weighted by Gasteiger charge is 2.20. The lowest BCUT2D eigenvalue weighted by Gasteiger charge is -2.14. The number of carbonyl (C=O) groups excluding carboxylic acids is 1. The van der Waals surface area contributed by atoms with Crippen molar-refractivity contribution in [3.8, 4) is 6.07 Å². The Kier molecular flexibility index (Phi) is 7.72. The average Bonchev–Trinajstić information content (AvgIpc) is 2.71. The number of nitriles is 1. The van der Waals surface area contributed by atoms with Crippen molar-refractivity contribution in [2.75, 3.05) is 7.05 Å². The van der Waals surface area contributed by atoms with Crippen LogP contribution in [0, 0.1) is 11.3 Å². The Labute approximate surface area is 182 Å². The molecule has 150 valence electrons. The Morgan fingerprint density at radius 3 is 2.55 bits per heavy atom. The Bertz CT molecular complexity index is 1110. The van der Waals surface area contributed by atoms with Gasteiger partial charge in [0.15, 0.2) is 5.11 Å². The predicted octanol–water partition coefficient (Wildman–Crippen LogP) is 1.77. The summed E-state index contributed by atoms with van der Waals surface area (Å²) in [5, 5.41) is 11.8. The molecule has 0 aliphatic carbocycles. The van der Waals surface area contributed by atoms with Gasteiger partial charge in [-0.05, 0) is 54.2 Å². The van der Waals surface area contributed by atoms with Gasteiger partial charge in [0.05, 0.1) is 16.5 Å². The maximum atomic E-state index is 12.7. The first-order valence-electron chi connectivity index (χ1n) is 8.03. The van der Waals surface area contributed by atoms with Crippen LogP contribution in [0.15, 0.2) is 63.6 Å². The number of amides is 1. The first-order chi connectivity index (χ1) is 13.7. The van der Waals surface area contributed by atoms with Gasteiger partial charge in [0.1, 0.15) is 5.70 Å². The summed E-state index contributed by atoms with van der Waals surface area (Å²) in [6.07, 6.45) is 1.32. The minimum atomic E-state index is -4.06. The van der Waals surface area contributed by atoms with Crippen molar-refractivity contribution >= 4 is 55.3 Å². The Balaban J connectivity index is 2.40. The zero-order valence-corrected chi connectivity index (χ0v) is 18.3. The van der Waals surface area contributed by atoms with Gasteiger partial charge in [0.2, 0.25) is 0 Å². The Hall–Kier alpha value is -2.94. The second kappa shape index (κ2) is 10.0. The minimum absolute atomic E-state index is 0.0324. The number of carbonyl (C=O) groups is 1. The molecule has 0 saturated carbocycles. The summed E-state index contributed by atoms with van der Waals surface area (Å²) >= 11 is 8.11. The van der Waals surface area contributed by atoms with Crippen LogP contribution in [0.25, 0.3) is 6.08 Å². The number of hydrogen-bond acceptors (Lipinski definition) is 5. The van der Waals surface area contributed by atoms with Crippen molar-refractivity contribution in [2.24, 2.45) is 0 Å². The molecule has 0 fully saturated rings. The predicted molar refractivity (Wildman–Crippen MR) is 117 cm³/mol. The van der Waals surface area contributed by atoms with E-state index in [9.17, 15) is 13.2 Å². The van der Waals surface area contributed by atoms with Crippen molar-refractivity contribution in [2.45, 2.75) is 4.90 Å². The average molecular weight is 494 g/mol. The van der Waals surface area contributed by atoms with Gasteiger partial charge in [-0.3, -0.25) is 20.4 Å². The quantitative estimate of drug-likeness (QED) is 0.284. The fourth-order valence-electron chi connectivity index (χ4n) is 2.09. The summed E-state index contributed by atoms with van der Waals surface area (Å²) < 4.78 is 28.3. The first kappa shape index (κ1) is 22.4. The molecule has 2 aromatic carbocycles. The summed E-state index contributed by atoms with van der Waals surface area (Å²) in [6, 6.07) is 14.4. The summed E-state index contributed by atoms with van der Waals surface area (Å²) in [4.78, 5) is 12.5. The summed E-state index contributed by atoms with van der Waals surface area (Å²) in [7, 11) is -2.50. The molecular weight excluding hydrogens is 478 g/mol. The fourth-order valence-corrected chi connectivity index (χ4v) is 3.79. The molecule has 0 heterocycles. The molecule has 0 aliphatic rings. The zero-order valence-electron chi connectivity index (χ0n) is 15.1. The molecule has 0 spiro atoms. The van der Waals surface area contributed by atoms with E-state index in [1.165, 1.54) is 24.3 Å². The standard InChI is InChI=1S/C18H16BrN5O3S2/c1-21-18(28)23-22-17(25)16(9-12-4-2-5-13(8-12)11-20)24-29(26,27)15-7-3-6-14(19)10-15/h2-10,24H,1H3,(H,22,25)(H2,21,23,28). The molecule has 0 bridgehead atoms. The summed E-state index contributed by atoms with van der Waals surface area (Å²) in [5.41, 5.74) is 5.30. The normalized spacial score (nSPS) is 11.1. The zero-order chi connectivity index (χ0) is 21.4. The Morgan fingerprint density at radius 1 is 1.17 bits per heavy atom. The smallest absolute Gasteiger partial charge is 0.286 e. The number of hydrazine groups is 1. The third-order valence-electron chi connectivity index (χ3n) is 3.44. The summed E-state index contributed by atoms with van der Waals surface area (Å²) in [6.45, 7) is 0. The largest absolute Gasteiger partial charge is 0.364 e. The lowest BCUT2D eigenvalue weighted by atomic mass is 10.1. The lowest BCUT2D eigenvalue weighted by Crippen LogP contribution is -2.48. The van der Waals surface area contributed by atoms with E-state index >= 15 is 0 Å². The number of halogens is 1. The highest BCUT2D eigenvalue weighted by Crippen LogP contribution is 2.17. The van der Waals surface area contributed by atoms with Gasteiger partial charge in [0, 0.05) is 11.5 Å². The van der Waals surface area contributed by atoms with Gasteiger partial charge in [0.25, 0.3) is 15.9 Å². The first-order valence-corrected chi connectivity index (χ1v) is 10.7. The molecule has 8 nitrogen and oxygen atoms in total. The molecule has 0 saturated heterocycles. The van der Waals surface area contributed by atoms with E-state index in [1.54, 1.807) is 37.4 Å². The molecule has 0 aliphatic heterocycles. The van der Waals surface area contributed by atoms with E-state index in [0.29, 0.717) is 15.6 Å². The van der Waals surface area contributed by atoms with Crippen LogP contribution in [0.1, 0.15) is 11.1 Å². The van der Waals surface area contributed by atoms with E-state index in [0.717, 1.165) is 0 Å². The third kappa shape index (κ3) is 6.56. The van der Waals surface area contributed by atoms with Crippen molar-refractivity contribution < 1.29 is 13.2 Å². The van der Waals surface area contributed by atoms with Crippen LogP contribution >= 0.6 is 28.1 Å². The fraction of sp³-hybridized carbons (Fsp3) is 0.0556. The molecular formula is C18H16BrN5O3S2. The maximum absolute atomic E-state index is 12.7. The second-order valence-corrected chi connectivity index (χ2v) is 8.52. The van der Waals surface area contributed by atoms with Crippen LogP contribution in [0.2, 0.25) is 0 Å². The number of nitrogens with zero attached hydrogens (tertiary/aromatic N) is 1. The third-order valence-corrected chi connectivity index (χ3v) is 5.60. The molecule has 0 aromatic heterocycles. The van der Waals surface area contributed by atoms with Gasteiger partial charge < -0.3 is 5.32 Å². The van der Waals surface area contributed by atoms with E-state index in [1.807, 2.05) is 6.07 Å². The minimum Gasteiger partial charge on any atom is -0.364 e. The van der Waals surface area contributed by atoms with Crippen LogP contribution < -0.4 is 20.9 Å². The van der Waals surface area contributed by atoms with Crippen molar-refractivity contribution in [1.82, 2.24) is 20.9 Å². The van der Waals surface area contributed by atoms with E-state index in [-0.39, 0.29) is 15.7 Å². The van der Waals surface area contributed by atoms with Gasteiger partial charge in [-0.1, -0.05) is 34.1 Å². The molecule has 29 heavy (non-hydrogen) atoms. The van der Waals surface area contributed by atoms with Crippen molar-refractivity contribution in [3.05, 3.63) is 69.8 Å². The highest BCUT2D eigenvalue weighted by molar-refractivity contribution is 9.10. The topological polar surface area (TPSA) is 123 Å². The maximum Gasteiger partial charge on any atom is 0.286 e. The number of thiocarbonyl (C=S) groups is 1. The summed E-state index contributed by atoms with van der Waals surface area (Å²) in [5.74, 6) is -0.775. The van der Waals surface area contributed by atoms with Crippen LogP contribution in [0.5, 0.6) is 0 Å².